The normalized spacial score (nSPS) is 13.8. The summed E-state index contributed by atoms with van der Waals surface area (Å²) < 4.78 is 7.06. The predicted octanol–water partition coefficient (Wildman–Crippen LogP) is 1.64. The summed E-state index contributed by atoms with van der Waals surface area (Å²) in [6.07, 6.45) is 3.86. The maximum absolute atomic E-state index is 12.4. The average molecular weight is 374 g/mol. The fourth-order valence-electron chi connectivity index (χ4n) is 3.18. The van der Waals surface area contributed by atoms with E-state index in [1.54, 1.807) is 19.0 Å². The largest absolute Gasteiger partial charge is 0.361 e. The van der Waals surface area contributed by atoms with Crippen molar-refractivity contribution in [3.05, 3.63) is 35.0 Å². The van der Waals surface area contributed by atoms with Gasteiger partial charge in [0, 0.05) is 33.6 Å². The van der Waals surface area contributed by atoms with Gasteiger partial charge in [0.25, 0.3) is 5.91 Å². The van der Waals surface area contributed by atoms with Crippen LogP contribution in [0.5, 0.6) is 0 Å². The zero-order chi connectivity index (χ0) is 19.4. The molecule has 146 valence electrons. The summed E-state index contributed by atoms with van der Waals surface area (Å²) in [4.78, 5) is 28.0. The summed E-state index contributed by atoms with van der Waals surface area (Å²) in [5.41, 5.74) is 2.22. The molecule has 2 aromatic heterocycles. The maximum atomic E-state index is 12.4. The Kier molecular flexibility index (Phi) is 5.78. The molecule has 1 N–H and O–H groups in total. The third-order valence-electron chi connectivity index (χ3n) is 4.51. The highest BCUT2D eigenvalue weighted by Crippen LogP contribution is 2.15. The molecule has 0 atom stereocenters. The number of nitrogens with one attached hydrogen (secondary N) is 1. The number of nitrogens with zero attached hydrogens (tertiary/aromatic N) is 5. The van der Waals surface area contributed by atoms with Crippen LogP contribution in [0.25, 0.3) is 0 Å². The Bertz CT molecular complexity index is 810. The molecule has 0 aliphatic carbocycles. The van der Waals surface area contributed by atoms with Gasteiger partial charge in [0.15, 0.2) is 0 Å². The molecule has 1 aliphatic rings. The van der Waals surface area contributed by atoms with E-state index in [1.165, 1.54) is 6.20 Å². The summed E-state index contributed by atoms with van der Waals surface area (Å²) in [5.74, 6) is 0.390. The summed E-state index contributed by atoms with van der Waals surface area (Å²) in [6.45, 7) is 4.32. The minimum Gasteiger partial charge on any atom is -0.361 e. The fraction of sp³-hybridized carbons (Fsp3) is 0.556. The van der Waals surface area contributed by atoms with Crippen LogP contribution in [0, 0.1) is 0 Å². The summed E-state index contributed by atoms with van der Waals surface area (Å²) >= 11 is 0. The molecule has 9 nitrogen and oxygen atoms in total. The number of aromatic nitrogens is 3. The topological polar surface area (TPSA) is 96.5 Å². The van der Waals surface area contributed by atoms with Gasteiger partial charge >= 0.3 is 6.03 Å². The Labute approximate surface area is 158 Å². The monoisotopic (exact) mass is 374 g/mol. The van der Waals surface area contributed by atoms with Gasteiger partial charge in [0.2, 0.25) is 0 Å². The molecule has 0 aromatic carbocycles. The molecule has 3 heterocycles. The van der Waals surface area contributed by atoms with Crippen molar-refractivity contribution in [1.29, 1.82) is 0 Å². The highest BCUT2D eigenvalue weighted by molar-refractivity contribution is 5.94. The quantitative estimate of drug-likeness (QED) is 0.858. The molecule has 9 heteroatoms. The summed E-state index contributed by atoms with van der Waals surface area (Å²) in [6, 6.07) is 1.94. The first kappa shape index (κ1) is 18.9. The molecule has 0 saturated carbocycles. The van der Waals surface area contributed by atoms with E-state index in [-0.39, 0.29) is 11.9 Å². The lowest BCUT2D eigenvalue weighted by Crippen LogP contribution is -2.38. The lowest BCUT2D eigenvalue weighted by Gasteiger charge is -2.23. The van der Waals surface area contributed by atoms with Gasteiger partial charge in [-0.05, 0) is 18.9 Å². The van der Waals surface area contributed by atoms with Crippen molar-refractivity contribution in [2.24, 2.45) is 0 Å². The van der Waals surface area contributed by atoms with Crippen LogP contribution in [0.3, 0.4) is 0 Å². The highest BCUT2D eigenvalue weighted by Gasteiger charge is 2.22. The third kappa shape index (κ3) is 4.29. The molecule has 0 bridgehead atoms. The molecule has 3 rings (SSSR count). The molecule has 0 radical (unpaired) electrons. The van der Waals surface area contributed by atoms with Crippen LogP contribution < -0.4 is 5.32 Å². The minimum atomic E-state index is -0.215. The Morgan fingerprint density at radius 3 is 2.89 bits per heavy atom. The number of hydrogen-bond donors (Lipinski definition) is 1. The van der Waals surface area contributed by atoms with Crippen molar-refractivity contribution >= 4 is 11.9 Å². The van der Waals surface area contributed by atoms with Crippen molar-refractivity contribution in [2.45, 2.75) is 45.8 Å². The number of carbonyl (C=O) groups excluding carboxylic acids is 2. The van der Waals surface area contributed by atoms with E-state index in [9.17, 15) is 9.59 Å². The van der Waals surface area contributed by atoms with E-state index in [1.807, 2.05) is 22.6 Å². The Balaban J connectivity index is 1.64. The second-order valence-electron chi connectivity index (χ2n) is 6.90. The second kappa shape index (κ2) is 8.24. The molecule has 27 heavy (non-hydrogen) atoms. The van der Waals surface area contributed by atoms with E-state index >= 15 is 0 Å². The van der Waals surface area contributed by atoms with Crippen LogP contribution in [0.4, 0.5) is 4.79 Å². The Morgan fingerprint density at radius 2 is 2.15 bits per heavy atom. The number of aryl methyl sites for hydroxylation is 2. The van der Waals surface area contributed by atoms with Crippen molar-refractivity contribution in [2.75, 3.05) is 20.6 Å². The SMILES string of the molecule is CCCc1oncc1C(=O)NCc1cc2n(n1)CCCN(C(=O)N(C)C)C2. The number of carbonyl (C=O) groups is 2. The standard InChI is InChI=1S/C18H26N6O3/c1-4-6-16-15(11-20-27-16)17(25)19-10-13-9-14-12-23(18(26)22(2)3)7-5-8-24(14)21-13/h9,11H,4-8,10,12H2,1-3H3,(H,19,25). The first-order valence-corrected chi connectivity index (χ1v) is 9.23. The average Bonchev–Trinajstić information content (AvgIpc) is 3.21. The number of hydrogen-bond acceptors (Lipinski definition) is 5. The van der Waals surface area contributed by atoms with Gasteiger partial charge in [-0.3, -0.25) is 9.48 Å². The van der Waals surface area contributed by atoms with Crippen molar-refractivity contribution < 1.29 is 14.1 Å². The Morgan fingerprint density at radius 1 is 1.33 bits per heavy atom. The van der Waals surface area contributed by atoms with Gasteiger partial charge in [-0.25, -0.2) is 4.79 Å². The lowest BCUT2D eigenvalue weighted by atomic mass is 10.1. The van der Waals surface area contributed by atoms with Gasteiger partial charge in [0.05, 0.1) is 30.7 Å². The molecule has 2 aromatic rings. The predicted molar refractivity (Wildman–Crippen MR) is 98.0 cm³/mol. The zero-order valence-electron chi connectivity index (χ0n) is 16.1. The molecule has 3 amide bonds. The van der Waals surface area contributed by atoms with Crippen LogP contribution in [0.2, 0.25) is 0 Å². The minimum absolute atomic E-state index is 0.00425. The number of rotatable bonds is 5. The zero-order valence-corrected chi connectivity index (χ0v) is 16.1. The highest BCUT2D eigenvalue weighted by atomic mass is 16.5. The first-order chi connectivity index (χ1) is 13.0. The van der Waals surface area contributed by atoms with Crippen molar-refractivity contribution in [3.8, 4) is 0 Å². The smallest absolute Gasteiger partial charge is 0.319 e. The van der Waals surface area contributed by atoms with Crippen LogP contribution in [0.1, 0.15) is 47.3 Å². The van der Waals surface area contributed by atoms with E-state index < -0.39 is 0 Å². The van der Waals surface area contributed by atoms with Crippen molar-refractivity contribution in [3.63, 3.8) is 0 Å². The first-order valence-electron chi connectivity index (χ1n) is 9.23. The maximum Gasteiger partial charge on any atom is 0.319 e. The van der Waals surface area contributed by atoms with Crippen LogP contribution in [-0.2, 0) is 26.1 Å². The van der Waals surface area contributed by atoms with Gasteiger partial charge in [0.1, 0.15) is 11.3 Å². The van der Waals surface area contributed by atoms with Crippen LogP contribution in [0.15, 0.2) is 16.8 Å². The number of amides is 3. The van der Waals surface area contributed by atoms with E-state index in [4.69, 9.17) is 4.52 Å². The van der Waals surface area contributed by atoms with E-state index in [2.05, 4.69) is 15.6 Å². The molecule has 0 fully saturated rings. The van der Waals surface area contributed by atoms with Gasteiger partial charge in [-0.1, -0.05) is 12.1 Å². The molecular weight excluding hydrogens is 348 g/mol. The van der Waals surface area contributed by atoms with Gasteiger partial charge in [-0.15, -0.1) is 0 Å². The molecule has 0 unspecified atom stereocenters. The fourth-order valence-corrected chi connectivity index (χ4v) is 3.18. The second-order valence-corrected chi connectivity index (χ2v) is 6.90. The van der Waals surface area contributed by atoms with Gasteiger partial charge in [-0.2, -0.15) is 5.10 Å². The molecule has 0 saturated heterocycles. The summed E-state index contributed by atoms with van der Waals surface area (Å²) in [5, 5.41) is 11.2. The number of fused-ring (bicyclic) bond motifs is 1. The molecular formula is C18H26N6O3. The van der Waals surface area contributed by atoms with Crippen molar-refractivity contribution in [1.82, 2.24) is 30.1 Å². The van der Waals surface area contributed by atoms with Gasteiger partial charge < -0.3 is 19.6 Å². The lowest BCUT2D eigenvalue weighted by molar-refractivity contribution is 0.0948. The Hall–Kier alpha value is -2.84. The molecule has 0 spiro atoms. The number of urea groups is 1. The summed E-state index contributed by atoms with van der Waals surface area (Å²) in [7, 11) is 3.51. The van der Waals surface area contributed by atoms with Crippen LogP contribution in [-0.4, -0.2) is 57.3 Å². The van der Waals surface area contributed by atoms with E-state index in [0.717, 1.165) is 30.8 Å². The van der Waals surface area contributed by atoms with Crippen LogP contribution >= 0.6 is 0 Å². The third-order valence-corrected chi connectivity index (χ3v) is 4.51. The molecule has 1 aliphatic heterocycles. The van der Waals surface area contributed by atoms with E-state index in [0.29, 0.717) is 37.4 Å².